The van der Waals surface area contributed by atoms with Crippen LogP contribution < -0.4 is 0 Å². The number of nitrogens with zero attached hydrogens (tertiary/aromatic N) is 1. The van der Waals surface area contributed by atoms with Crippen molar-refractivity contribution in [1.29, 1.82) is 0 Å². The molecule has 82 valence electrons. The van der Waals surface area contributed by atoms with Crippen LogP contribution in [0.2, 0.25) is 0 Å². The maximum Gasteiger partial charge on any atom is 0.334 e. The number of hydrogen-bond acceptors (Lipinski definition) is 4. The van der Waals surface area contributed by atoms with Gasteiger partial charge in [0, 0.05) is 19.6 Å². The van der Waals surface area contributed by atoms with Crippen LogP contribution in [0.4, 0.5) is 0 Å². The molecule has 2 heterocycles. The Morgan fingerprint density at radius 2 is 2.60 bits per heavy atom. The Morgan fingerprint density at radius 1 is 1.73 bits per heavy atom. The number of carboxylic acid groups (broad SMARTS) is 1. The van der Waals surface area contributed by atoms with Gasteiger partial charge >= 0.3 is 5.97 Å². The summed E-state index contributed by atoms with van der Waals surface area (Å²) in [5, 5.41) is 13.0. The topological polar surface area (TPSA) is 49.8 Å². The van der Waals surface area contributed by atoms with Crippen molar-refractivity contribution in [3.8, 4) is 0 Å². The number of ether oxygens (including phenoxy) is 1. The number of morpholine rings is 1. The van der Waals surface area contributed by atoms with Crippen LogP contribution in [0.25, 0.3) is 0 Å². The van der Waals surface area contributed by atoms with Crippen LogP contribution in [0, 0.1) is 0 Å². The molecule has 1 aromatic rings. The number of carboxylic acids is 1. The molecular formula is C10H13NO3S. The van der Waals surface area contributed by atoms with E-state index in [1.807, 2.05) is 5.38 Å². The van der Waals surface area contributed by atoms with Gasteiger partial charge in [-0.3, -0.25) is 4.90 Å². The lowest BCUT2D eigenvalue weighted by atomic mass is 10.2. The highest BCUT2D eigenvalue weighted by Crippen LogP contribution is 2.12. The second-order valence-corrected chi connectivity index (χ2v) is 4.34. The lowest BCUT2D eigenvalue weighted by Crippen LogP contribution is -2.45. The maximum absolute atomic E-state index is 10.8. The Bertz CT molecular complexity index is 325. The highest BCUT2D eigenvalue weighted by molar-refractivity contribution is 7.07. The van der Waals surface area contributed by atoms with Crippen molar-refractivity contribution < 1.29 is 14.6 Å². The SMILES string of the molecule is O=C(O)C1CN(Cc2ccsc2)CCO1. The molecular weight excluding hydrogens is 214 g/mol. The summed E-state index contributed by atoms with van der Waals surface area (Å²) in [6.45, 7) is 2.60. The normalized spacial score (nSPS) is 22.8. The van der Waals surface area contributed by atoms with Crippen molar-refractivity contribution in [3.63, 3.8) is 0 Å². The van der Waals surface area contributed by atoms with E-state index in [0.717, 1.165) is 13.1 Å². The van der Waals surface area contributed by atoms with E-state index in [9.17, 15) is 4.79 Å². The van der Waals surface area contributed by atoms with E-state index in [1.165, 1.54) is 5.56 Å². The molecule has 4 nitrogen and oxygen atoms in total. The Hall–Kier alpha value is -0.910. The minimum atomic E-state index is -0.870. The van der Waals surface area contributed by atoms with E-state index in [-0.39, 0.29) is 0 Å². The molecule has 0 aliphatic carbocycles. The molecule has 1 aliphatic rings. The van der Waals surface area contributed by atoms with Gasteiger partial charge in [-0.05, 0) is 22.4 Å². The molecule has 5 heteroatoms. The molecule has 1 saturated heterocycles. The fourth-order valence-corrected chi connectivity index (χ4v) is 2.30. The van der Waals surface area contributed by atoms with Gasteiger partial charge in [-0.1, -0.05) is 0 Å². The lowest BCUT2D eigenvalue weighted by molar-refractivity contribution is -0.156. The molecule has 0 spiro atoms. The molecule has 1 fully saturated rings. The summed E-state index contributed by atoms with van der Waals surface area (Å²) in [5.74, 6) is -0.870. The average Bonchev–Trinajstić information content (AvgIpc) is 2.71. The standard InChI is InChI=1S/C10H13NO3S/c12-10(13)9-6-11(2-3-14-9)5-8-1-4-15-7-8/h1,4,7,9H,2-3,5-6H2,(H,12,13). The molecule has 0 aromatic carbocycles. The predicted octanol–water partition coefficient (Wildman–Crippen LogP) is 1.03. The Labute approximate surface area is 92.1 Å². The first-order chi connectivity index (χ1) is 7.25. The monoisotopic (exact) mass is 227 g/mol. The molecule has 1 N–H and O–H groups in total. The van der Waals surface area contributed by atoms with Gasteiger partial charge in [-0.15, -0.1) is 0 Å². The van der Waals surface area contributed by atoms with Crippen LogP contribution in [0.1, 0.15) is 5.56 Å². The maximum atomic E-state index is 10.8. The van der Waals surface area contributed by atoms with Gasteiger partial charge in [0.2, 0.25) is 0 Å². The highest BCUT2D eigenvalue weighted by atomic mass is 32.1. The summed E-state index contributed by atoms with van der Waals surface area (Å²) in [6, 6.07) is 2.07. The van der Waals surface area contributed by atoms with E-state index in [4.69, 9.17) is 9.84 Å². The fraction of sp³-hybridized carbons (Fsp3) is 0.500. The molecule has 0 amide bonds. The molecule has 15 heavy (non-hydrogen) atoms. The van der Waals surface area contributed by atoms with Gasteiger partial charge in [0.15, 0.2) is 6.10 Å². The summed E-state index contributed by atoms with van der Waals surface area (Å²) >= 11 is 1.66. The highest BCUT2D eigenvalue weighted by Gasteiger charge is 2.25. The Kier molecular flexibility index (Phi) is 3.35. The third-order valence-electron chi connectivity index (χ3n) is 2.41. The van der Waals surface area contributed by atoms with Crippen molar-refractivity contribution in [2.75, 3.05) is 19.7 Å². The minimum Gasteiger partial charge on any atom is -0.479 e. The van der Waals surface area contributed by atoms with Gasteiger partial charge in [0.25, 0.3) is 0 Å². The molecule has 1 aliphatic heterocycles. The van der Waals surface area contributed by atoms with Crippen molar-refractivity contribution in [1.82, 2.24) is 4.90 Å². The van der Waals surface area contributed by atoms with Crippen LogP contribution in [-0.2, 0) is 16.1 Å². The van der Waals surface area contributed by atoms with Crippen molar-refractivity contribution in [3.05, 3.63) is 22.4 Å². The van der Waals surface area contributed by atoms with E-state index in [0.29, 0.717) is 13.2 Å². The summed E-state index contributed by atoms with van der Waals surface area (Å²) < 4.78 is 5.15. The van der Waals surface area contributed by atoms with Crippen molar-refractivity contribution in [2.45, 2.75) is 12.6 Å². The van der Waals surface area contributed by atoms with Crippen LogP contribution in [0.15, 0.2) is 16.8 Å². The average molecular weight is 227 g/mol. The number of rotatable bonds is 3. The number of hydrogen-bond donors (Lipinski definition) is 1. The zero-order chi connectivity index (χ0) is 10.7. The summed E-state index contributed by atoms with van der Waals surface area (Å²) in [5.41, 5.74) is 1.24. The number of carbonyl (C=O) groups is 1. The van der Waals surface area contributed by atoms with Crippen LogP contribution in [0.3, 0.4) is 0 Å². The molecule has 1 aromatic heterocycles. The molecule has 0 bridgehead atoms. The summed E-state index contributed by atoms with van der Waals surface area (Å²) in [4.78, 5) is 12.9. The molecule has 0 radical (unpaired) electrons. The quantitative estimate of drug-likeness (QED) is 0.838. The molecule has 1 atom stereocenters. The third-order valence-corrected chi connectivity index (χ3v) is 3.14. The van der Waals surface area contributed by atoms with Crippen molar-refractivity contribution in [2.24, 2.45) is 0 Å². The first-order valence-electron chi connectivity index (χ1n) is 4.83. The zero-order valence-electron chi connectivity index (χ0n) is 8.26. The Morgan fingerprint density at radius 3 is 3.27 bits per heavy atom. The van der Waals surface area contributed by atoms with Crippen LogP contribution in [0.5, 0.6) is 0 Å². The smallest absolute Gasteiger partial charge is 0.334 e. The summed E-state index contributed by atoms with van der Waals surface area (Å²) in [7, 11) is 0. The summed E-state index contributed by atoms with van der Waals surface area (Å²) in [6.07, 6.45) is -0.669. The first-order valence-corrected chi connectivity index (χ1v) is 5.78. The second-order valence-electron chi connectivity index (χ2n) is 3.56. The first kappa shape index (κ1) is 10.6. The fourth-order valence-electron chi connectivity index (χ4n) is 1.64. The second kappa shape index (κ2) is 4.74. The lowest BCUT2D eigenvalue weighted by Gasteiger charge is -2.30. The van der Waals surface area contributed by atoms with E-state index in [1.54, 1.807) is 11.3 Å². The molecule has 2 rings (SSSR count). The van der Waals surface area contributed by atoms with Gasteiger partial charge in [0.1, 0.15) is 0 Å². The Balaban J connectivity index is 1.90. The van der Waals surface area contributed by atoms with Crippen LogP contribution in [-0.4, -0.2) is 41.8 Å². The van der Waals surface area contributed by atoms with Gasteiger partial charge in [0.05, 0.1) is 6.61 Å². The molecule has 0 saturated carbocycles. The van der Waals surface area contributed by atoms with Gasteiger partial charge in [-0.25, -0.2) is 4.79 Å². The van der Waals surface area contributed by atoms with Crippen LogP contribution >= 0.6 is 11.3 Å². The van der Waals surface area contributed by atoms with E-state index < -0.39 is 12.1 Å². The van der Waals surface area contributed by atoms with Gasteiger partial charge < -0.3 is 9.84 Å². The van der Waals surface area contributed by atoms with E-state index >= 15 is 0 Å². The predicted molar refractivity (Wildman–Crippen MR) is 57.0 cm³/mol. The minimum absolute atomic E-state index is 0.477. The van der Waals surface area contributed by atoms with E-state index in [2.05, 4.69) is 16.3 Å². The number of thiophene rings is 1. The molecule has 1 unspecified atom stereocenters. The number of aliphatic carboxylic acids is 1. The van der Waals surface area contributed by atoms with Crippen molar-refractivity contribution >= 4 is 17.3 Å². The third kappa shape index (κ3) is 2.77. The van der Waals surface area contributed by atoms with Gasteiger partial charge in [-0.2, -0.15) is 11.3 Å². The largest absolute Gasteiger partial charge is 0.479 e. The zero-order valence-corrected chi connectivity index (χ0v) is 9.07.